The van der Waals surface area contributed by atoms with Crippen LogP contribution in [0.15, 0.2) is 79.1 Å². The predicted octanol–water partition coefficient (Wildman–Crippen LogP) is 4.62. The largest absolute Gasteiger partial charge is 1.00 e. The van der Waals surface area contributed by atoms with E-state index in [0.717, 1.165) is 46.4 Å². The monoisotopic (exact) mass is 578 g/mol. The zero-order chi connectivity index (χ0) is 26.0. The zero-order valence-electron chi connectivity index (χ0n) is 22.2. The van der Waals surface area contributed by atoms with Crippen molar-refractivity contribution in [3.63, 3.8) is 0 Å². The molecule has 0 spiro atoms. The van der Waals surface area contributed by atoms with Crippen LogP contribution in [-0.2, 0) is 13.0 Å². The molecular weight excluding hydrogens is 561 g/mol. The molecule has 0 N–H and O–H groups in total. The van der Waals surface area contributed by atoms with Crippen LogP contribution in [0.2, 0.25) is 10.3 Å². The third kappa shape index (κ3) is 4.68. The molecule has 40 heavy (non-hydrogen) atoms. The number of hydrogen-bond donors (Lipinski definition) is 0. The van der Waals surface area contributed by atoms with Crippen molar-refractivity contribution in [3.8, 4) is 11.4 Å². The maximum Gasteiger partial charge on any atom is 1.00 e. The molecule has 1 aliphatic heterocycles. The quantitative estimate of drug-likeness (QED) is 0.195. The minimum atomic E-state index is -0.253. The Hall–Kier alpha value is -3.01. The summed E-state index contributed by atoms with van der Waals surface area (Å²) in [6.45, 7) is 0.846. The molecule has 0 aliphatic carbocycles. The van der Waals surface area contributed by atoms with E-state index >= 15 is 0 Å². The summed E-state index contributed by atoms with van der Waals surface area (Å²) in [6, 6.07) is 21.1. The molecule has 0 saturated heterocycles. The Labute approximate surface area is 263 Å². The molecule has 0 atom stereocenters. The van der Waals surface area contributed by atoms with Gasteiger partial charge in [-0.05, 0) is 66.6 Å². The van der Waals surface area contributed by atoms with Gasteiger partial charge in [-0.2, -0.15) is 0 Å². The maximum atomic E-state index is 13.9. The molecule has 5 nitrogen and oxygen atoms in total. The molecule has 5 aromatic heterocycles. The first-order valence-electron chi connectivity index (χ1n) is 11.9. The summed E-state index contributed by atoms with van der Waals surface area (Å²) in [4.78, 5) is 13.0. The number of nitrogens with zero attached hydrogens (tertiary/aromatic N) is 5. The topological polar surface area (TPSA) is 48.0 Å². The predicted molar refractivity (Wildman–Crippen MR) is 154 cm³/mol. The average molecular weight is 579 g/mol. The van der Waals surface area contributed by atoms with Crippen molar-refractivity contribution in [2.45, 2.75) is 13.0 Å². The minimum absolute atomic E-state index is 0. The Morgan fingerprint density at radius 3 is 2.23 bits per heavy atom. The maximum absolute atomic E-state index is 13.9. The van der Waals surface area contributed by atoms with Gasteiger partial charge in [0.25, 0.3) is 0 Å². The molecule has 6 heterocycles. The van der Waals surface area contributed by atoms with Gasteiger partial charge in [0.1, 0.15) is 33.8 Å². The van der Waals surface area contributed by atoms with Crippen LogP contribution < -0.4 is 29.6 Å². The van der Waals surface area contributed by atoms with Gasteiger partial charge in [0.15, 0.2) is 0 Å². The smallest absolute Gasteiger partial charge is 1.00 e. The minimum Gasteiger partial charge on any atom is -1.00 e. The van der Waals surface area contributed by atoms with E-state index in [2.05, 4.69) is 19.5 Å². The first-order chi connectivity index (χ1) is 18.5. The van der Waals surface area contributed by atoms with Crippen LogP contribution in [0, 0.1) is 11.6 Å². The van der Waals surface area contributed by atoms with Crippen molar-refractivity contribution < 1.29 is 39.8 Å². The van der Waals surface area contributed by atoms with Crippen molar-refractivity contribution in [2.24, 2.45) is 0 Å². The molecule has 7 aromatic rings. The number of pyridine rings is 2. The van der Waals surface area contributed by atoms with Gasteiger partial charge in [0.2, 0.25) is 0 Å². The molecule has 3 radical (unpaired) electrons. The molecule has 0 saturated carbocycles. The van der Waals surface area contributed by atoms with Crippen molar-refractivity contribution in [3.05, 3.63) is 107 Å². The third-order valence-corrected chi connectivity index (χ3v) is 7.33. The summed E-state index contributed by atoms with van der Waals surface area (Å²) in [6.07, 6.45) is 2.57. The number of aryl methyl sites for hydroxylation is 2. The second kappa shape index (κ2) is 11.1. The average Bonchev–Trinajstić information content (AvgIpc) is 3.50. The number of halogens is 4. The van der Waals surface area contributed by atoms with Crippen molar-refractivity contribution in [1.29, 1.82) is 0 Å². The van der Waals surface area contributed by atoms with Gasteiger partial charge in [-0.15, -0.1) is 0 Å². The number of benzene rings is 2. The van der Waals surface area contributed by atoms with Crippen LogP contribution in [0.25, 0.3) is 49.7 Å². The van der Waals surface area contributed by atoms with E-state index in [-0.39, 0.29) is 51.0 Å². The summed E-state index contributed by atoms with van der Waals surface area (Å²) >= 11 is 11.9. The number of aromatic nitrogens is 5. The second-order valence-corrected chi connectivity index (χ2v) is 9.84. The van der Waals surface area contributed by atoms with E-state index in [1.54, 1.807) is 42.7 Å². The van der Waals surface area contributed by atoms with Crippen molar-refractivity contribution in [2.75, 3.05) is 0 Å². The van der Waals surface area contributed by atoms with Gasteiger partial charge in [0, 0.05) is 25.7 Å². The molecule has 11 heteroatoms. The summed E-state index contributed by atoms with van der Waals surface area (Å²) in [5, 5.41) is 2.07. The van der Waals surface area contributed by atoms with Crippen LogP contribution in [0.4, 0.5) is 8.78 Å². The van der Waals surface area contributed by atoms with E-state index in [1.807, 2.05) is 28.7 Å². The van der Waals surface area contributed by atoms with Gasteiger partial charge in [-0.25, -0.2) is 23.7 Å². The number of fused-ring (bicyclic) bond motifs is 10. The standard InChI is InChI=1S/C15H10ClFN2.C14H7ClFN3.B.Na.H/c16-14-5-4-9-6-7-19-12-3-1-2-11(17)10(12)8-13(19)15(9)18-14;15-13-5-4-10-14(18-13)12-6-8-9(16)2-1-3-11(8)19(12)7-17-10;;;/h1-5,8H,6-7H2;1-7H;;;/q;;;+1;-1. The molecule has 0 fully saturated rings. The molecule has 2 aromatic carbocycles. The fraction of sp³-hybridized carbons (Fsp3) is 0.0690. The SMILES string of the molecule is Fc1cccc2c1cc1c3nc(Cl)ccc3ncn21.Fc1cccc2c1cc1n2CCc2ccc(Cl)nc2-1.[B].[H-].[Na+]. The van der Waals surface area contributed by atoms with E-state index in [9.17, 15) is 8.78 Å². The van der Waals surface area contributed by atoms with Crippen LogP contribution >= 0.6 is 23.2 Å². The van der Waals surface area contributed by atoms with Gasteiger partial charge in [-0.1, -0.05) is 41.4 Å². The Morgan fingerprint density at radius 1 is 0.775 bits per heavy atom. The third-order valence-electron chi connectivity index (χ3n) is 6.91. The Kier molecular flexibility index (Phi) is 7.92. The number of rotatable bonds is 0. The van der Waals surface area contributed by atoms with E-state index < -0.39 is 0 Å². The van der Waals surface area contributed by atoms with Crippen LogP contribution in [0.3, 0.4) is 0 Å². The van der Waals surface area contributed by atoms with Gasteiger partial charge in [-0.3, -0.25) is 4.40 Å². The fourth-order valence-corrected chi connectivity index (χ4v) is 5.46. The molecule has 8 rings (SSSR count). The summed E-state index contributed by atoms with van der Waals surface area (Å²) in [7, 11) is 0. The van der Waals surface area contributed by atoms with Crippen molar-refractivity contribution >= 4 is 70.0 Å². The first-order valence-corrected chi connectivity index (χ1v) is 12.7. The van der Waals surface area contributed by atoms with Gasteiger partial charge >= 0.3 is 29.6 Å². The molecule has 0 amide bonds. The van der Waals surface area contributed by atoms with E-state index in [4.69, 9.17) is 23.2 Å². The normalized spacial score (nSPS) is 11.9. The van der Waals surface area contributed by atoms with E-state index in [0.29, 0.717) is 26.6 Å². The van der Waals surface area contributed by atoms with Crippen LogP contribution in [-0.4, -0.2) is 32.3 Å². The molecule has 191 valence electrons. The molecule has 0 unspecified atom stereocenters. The fourth-order valence-electron chi connectivity index (χ4n) is 5.17. The Morgan fingerprint density at radius 2 is 1.45 bits per heavy atom. The van der Waals surface area contributed by atoms with Gasteiger partial charge in [0.05, 0.1) is 33.5 Å². The van der Waals surface area contributed by atoms with Gasteiger partial charge < -0.3 is 5.99 Å². The first kappa shape index (κ1) is 28.5. The zero-order valence-corrected chi connectivity index (χ0v) is 24.8. The molecular formula is C29H18BCl2F2N5Na. The number of hydrogen-bond acceptors (Lipinski definition) is 3. The van der Waals surface area contributed by atoms with E-state index in [1.165, 1.54) is 17.7 Å². The Bertz CT molecular complexity index is 2070. The van der Waals surface area contributed by atoms with Crippen molar-refractivity contribution in [1.82, 2.24) is 23.9 Å². The summed E-state index contributed by atoms with van der Waals surface area (Å²) in [5.41, 5.74) is 6.88. The Balaban J connectivity index is 0.000000176. The summed E-state index contributed by atoms with van der Waals surface area (Å²) < 4.78 is 31.6. The van der Waals surface area contributed by atoms with Crippen LogP contribution in [0.1, 0.15) is 6.99 Å². The van der Waals surface area contributed by atoms with Crippen LogP contribution in [0.5, 0.6) is 0 Å². The second-order valence-electron chi connectivity index (χ2n) is 9.06. The molecule has 0 bridgehead atoms. The molecule has 1 aliphatic rings. The summed E-state index contributed by atoms with van der Waals surface area (Å²) in [5.74, 6) is -0.445.